The van der Waals surface area contributed by atoms with Gasteiger partial charge in [-0.05, 0) is 69.8 Å². The smallest absolute Gasteiger partial charge is 0.0361 e. The third-order valence-electron chi connectivity index (χ3n) is 6.38. The maximum atomic E-state index is 2.30. The number of hydrogen-bond acceptors (Lipinski definition) is 3. The molecule has 0 bridgehead atoms. The molecular formula is C32H30N2S. The highest BCUT2D eigenvalue weighted by Gasteiger charge is 2.19. The summed E-state index contributed by atoms with van der Waals surface area (Å²) in [5.41, 5.74) is 9.86. The molecule has 1 aliphatic heterocycles. The lowest BCUT2D eigenvalue weighted by Crippen LogP contribution is -2.08. The van der Waals surface area contributed by atoms with Crippen LogP contribution in [0.5, 0.6) is 0 Å². The minimum atomic E-state index is 1.20. The van der Waals surface area contributed by atoms with Crippen molar-refractivity contribution in [2.24, 2.45) is 0 Å². The van der Waals surface area contributed by atoms with Crippen molar-refractivity contribution in [2.45, 2.75) is 9.79 Å². The van der Waals surface area contributed by atoms with Crippen LogP contribution in [0.3, 0.4) is 0 Å². The van der Waals surface area contributed by atoms with Gasteiger partial charge in [-0.15, -0.1) is 0 Å². The minimum absolute atomic E-state index is 1.20. The summed E-state index contributed by atoms with van der Waals surface area (Å²) >= 11 is 1.85. The molecule has 0 unspecified atom stereocenters. The predicted octanol–water partition coefficient (Wildman–Crippen LogP) is 7.85. The normalized spacial score (nSPS) is 11.8. The van der Waals surface area contributed by atoms with Gasteiger partial charge in [-0.3, -0.25) is 0 Å². The first-order valence-corrected chi connectivity index (χ1v) is 12.7. The van der Waals surface area contributed by atoms with Crippen LogP contribution in [0.2, 0.25) is 0 Å². The molecule has 1 heterocycles. The Kier molecular flexibility index (Phi) is 6.52. The molecule has 0 N–H and O–H groups in total. The van der Waals surface area contributed by atoms with Gasteiger partial charge in [-0.1, -0.05) is 84.6 Å². The monoisotopic (exact) mass is 474 g/mol. The Labute approximate surface area is 213 Å². The molecule has 0 aromatic heterocycles. The first kappa shape index (κ1) is 23.1. The summed E-state index contributed by atoms with van der Waals surface area (Å²) in [7, 11) is 8.30. The maximum Gasteiger partial charge on any atom is 0.0361 e. The van der Waals surface area contributed by atoms with Crippen molar-refractivity contribution in [2.75, 3.05) is 38.0 Å². The lowest BCUT2D eigenvalue weighted by molar-refractivity contribution is 1.13. The Morgan fingerprint density at radius 3 is 1.43 bits per heavy atom. The number of rotatable bonds is 5. The molecule has 0 saturated heterocycles. The SMILES string of the molecule is CN(C)c1ccc(C(=CC=C2c3ccccc3Sc3ccccc32)c2ccc(N(C)C)cc2)cc1. The van der Waals surface area contributed by atoms with Gasteiger partial charge < -0.3 is 9.80 Å². The second kappa shape index (κ2) is 9.89. The topological polar surface area (TPSA) is 6.48 Å². The summed E-state index contributed by atoms with van der Waals surface area (Å²) in [5.74, 6) is 0. The number of benzene rings is 4. The van der Waals surface area contributed by atoms with Crippen LogP contribution >= 0.6 is 11.8 Å². The van der Waals surface area contributed by atoms with E-state index in [0.29, 0.717) is 0 Å². The minimum Gasteiger partial charge on any atom is -0.378 e. The van der Waals surface area contributed by atoms with Crippen LogP contribution in [-0.4, -0.2) is 28.2 Å². The molecule has 2 nitrogen and oxygen atoms in total. The highest BCUT2D eigenvalue weighted by molar-refractivity contribution is 7.99. The third-order valence-corrected chi connectivity index (χ3v) is 7.53. The first-order valence-electron chi connectivity index (χ1n) is 11.9. The Hall–Kier alpha value is -3.69. The summed E-state index contributed by atoms with van der Waals surface area (Å²) in [6, 6.07) is 35.0. The number of fused-ring (bicyclic) bond motifs is 2. The third kappa shape index (κ3) is 4.78. The average Bonchev–Trinajstić information content (AvgIpc) is 2.88. The van der Waals surface area contributed by atoms with E-state index in [4.69, 9.17) is 0 Å². The molecule has 0 spiro atoms. The van der Waals surface area contributed by atoms with Gasteiger partial charge in [0.1, 0.15) is 0 Å². The van der Waals surface area contributed by atoms with Crippen LogP contribution in [0.4, 0.5) is 11.4 Å². The highest BCUT2D eigenvalue weighted by Crippen LogP contribution is 2.45. The van der Waals surface area contributed by atoms with Crippen LogP contribution in [0.1, 0.15) is 22.3 Å². The molecule has 4 aromatic rings. The molecule has 0 aliphatic carbocycles. The molecule has 3 heteroatoms. The lowest BCUT2D eigenvalue weighted by Gasteiger charge is -2.22. The van der Waals surface area contributed by atoms with Crippen LogP contribution in [-0.2, 0) is 0 Å². The van der Waals surface area contributed by atoms with E-state index >= 15 is 0 Å². The van der Waals surface area contributed by atoms with Gasteiger partial charge >= 0.3 is 0 Å². The Morgan fingerprint density at radius 1 is 0.571 bits per heavy atom. The van der Waals surface area contributed by atoms with Crippen molar-refractivity contribution in [1.82, 2.24) is 0 Å². The van der Waals surface area contributed by atoms with Crippen molar-refractivity contribution >= 4 is 34.3 Å². The fourth-order valence-corrected chi connectivity index (χ4v) is 5.51. The van der Waals surface area contributed by atoms with E-state index in [2.05, 4.69) is 147 Å². The van der Waals surface area contributed by atoms with Crippen LogP contribution in [0.25, 0.3) is 11.1 Å². The largest absolute Gasteiger partial charge is 0.378 e. The molecular weight excluding hydrogens is 444 g/mol. The fourth-order valence-electron chi connectivity index (χ4n) is 4.40. The second-order valence-corrected chi connectivity index (χ2v) is 10.2. The van der Waals surface area contributed by atoms with Crippen molar-refractivity contribution < 1.29 is 0 Å². The van der Waals surface area contributed by atoms with Gasteiger partial charge in [0.2, 0.25) is 0 Å². The molecule has 0 saturated carbocycles. The van der Waals surface area contributed by atoms with Crippen LogP contribution in [0, 0.1) is 0 Å². The average molecular weight is 475 g/mol. The molecule has 5 rings (SSSR count). The zero-order chi connectivity index (χ0) is 24.4. The summed E-state index contributed by atoms with van der Waals surface area (Å²) in [6.07, 6.45) is 4.58. The summed E-state index contributed by atoms with van der Waals surface area (Å²) < 4.78 is 0. The van der Waals surface area contributed by atoms with E-state index in [0.717, 1.165) is 0 Å². The first-order chi connectivity index (χ1) is 17.0. The van der Waals surface area contributed by atoms with Gasteiger partial charge in [-0.2, -0.15) is 0 Å². The number of hydrogen-bond donors (Lipinski definition) is 0. The quantitative estimate of drug-likeness (QED) is 0.256. The molecule has 0 fully saturated rings. The molecule has 174 valence electrons. The zero-order valence-electron chi connectivity index (χ0n) is 20.7. The molecule has 0 atom stereocenters. The zero-order valence-corrected chi connectivity index (χ0v) is 21.5. The van der Waals surface area contributed by atoms with Crippen molar-refractivity contribution in [3.8, 4) is 0 Å². The standard InChI is InChI=1S/C32H30N2S/c1-33(2)25-17-13-23(14-18-25)27(24-15-19-26(20-16-24)34(3)4)21-22-28-29-9-5-7-11-31(29)35-32-12-8-6-10-30(28)32/h5-22H,1-4H3. The summed E-state index contributed by atoms with van der Waals surface area (Å²) in [4.78, 5) is 6.87. The molecule has 4 aromatic carbocycles. The Bertz CT molecular complexity index is 1290. The van der Waals surface area contributed by atoms with Crippen LogP contribution in [0.15, 0.2) is 119 Å². The van der Waals surface area contributed by atoms with E-state index in [1.165, 1.54) is 54.6 Å². The van der Waals surface area contributed by atoms with Gasteiger partial charge in [0, 0.05) is 49.4 Å². The van der Waals surface area contributed by atoms with Crippen molar-refractivity contribution in [3.63, 3.8) is 0 Å². The van der Waals surface area contributed by atoms with Crippen molar-refractivity contribution in [1.29, 1.82) is 0 Å². The van der Waals surface area contributed by atoms with Gasteiger partial charge in [0.05, 0.1) is 0 Å². The van der Waals surface area contributed by atoms with Crippen molar-refractivity contribution in [3.05, 3.63) is 131 Å². The second-order valence-electron chi connectivity index (χ2n) is 9.14. The fraction of sp³-hybridized carbons (Fsp3) is 0.125. The van der Waals surface area contributed by atoms with Gasteiger partial charge in [0.15, 0.2) is 0 Å². The molecule has 35 heavy (non-hydrogen) atoms. The number of anilines is 2. The molecule has 0 amide bonds. The van der Waals surface area contributed by atoms with E-state index in [9.17, 15) is 0 Å². The number of nitrogens with zero attached hydrogens (tertiary/aromatic N) is 2. The Morgan fingerprint density at radius 2 is 1.00 bits per heavy atom. The van der Waals surface area contributed by atoms with E-state index in [1.807, 2.05) is 11.8 Å². The molecule has 0 radical (unpaired) electrons. The molecule has 1 aliphatic rings. The maximum absolute atomic E-state index is 2.30. The highest BCUT2D eigenvalue weighted by atomic mass is 32.2. The number of allylic oxidation sites excluding steroid dienone is 2. The summed E-state index contributed by atoms with van der Waals surface area (Å²) in [5, 5.41) is 0. The van der Waals surface area contributed by atoms with Crippen LogP contribution < -0.4 is 9.80 Å². The van der Waals surface area contributed by atoms with E-state index in [-0.39, 0.29) is 0 Å². The Balaban J connectivity index is 1.66. The van der Waals surface area contributed by atoms with E-state index in [1.54, 1.807) is 0 Å². The lowest BCUT2D eigenvalue weighted by atomic mass is 9.93. The predicted molar refractivity (Wildman–Crippen MR) is 153 cm³/mol. The van der Waals surface area contributed by atoms with Gasteiger partial charge in [0.25, 0.3) is 0 Å². The van der Waals surface area contributed by atoms with E-state index < -0.39 is 0 Å². The summed E-state index contributed by atoms with van der Waals surface area (Å²) in [6.45, 7) is 0. The van der Waals surface area contributed by atoms with Gasteiger partial charge in [-0.25, -0.2) is 0 Å².